The topological polar surface area (TPSA) is 55.8 Å². The summed E-state index contributed by atoms with van der Waals surface area (Å²) in [6.07, 6.45) is 0.749. The van der Waals surface area contributed by atoms with Crippen LogP contribution in [0.3, 0.4) is 0 Å². The smallest absolute Gasteiger partial charge is 0.417 e. The Morgan fingerprint density at radius 1 is 1.05 bits per heavy atom. The van der Waals surface area contributed by atoms with Gasteiger partial charge in [-0.1, -0.05) is 27.7 Å². The standard InChI is InChI=1S/C12H23NO4.C2H6/c1-5-7-13(6-2)8-9-16-11(14)12(15)17-10(3)4;1-2/h10H,5-9H2,1-4H3;1-2H3. The van der Waals surface area contributed by atoms with Crippen LogP contribution in [0.5, 0.6) is 0 Å². The molecular weight excluding hydrogens is 246 g/mol. The average molecular weight is 275 g/mol. The molecule has 5 nitrogen and oxygen atoms in total. The molecule has 0 rings (SSSR count). The molecule has 0 aromatic heterocycles. The maximum Gasteiger partial charge on any atom is 0.417 e. The van der Waals surface area contributed by atoms with Crippen LogP contribution in [0.25, 0.3) is 0 Å². The Labute approximate surface area is 117 Å². The predicted octanol–water partition coefficient (Wildman–Crippen LogP) is 2.24. The van der Waals surface area contributed by atoms with Gasteiger partial charge in [0.25, 0.3) is 0 Å². The number of esters is 2. The van der Waals surface area contributed by atoms with Gasteiger partial charge in [0, 0.05) is 6.54 Å². The fourth-order valence-corrected chi connectivity index (χ4v) is 1.33. The minimum Gasteiger partial charge on any atom is -0.456 e. The quantitative estimate of drug-likeness (QED) is 0.527. The van der Waals surface area contributed by atoms with Crippen LogP contribution in [0.4, 0.5) is 0 Å². The number of hydrogen-bond acceptors (Lipinski definition) is 5. The van der Waals surface area contributed by atoms with Crippen LogP contribution in [0.15, 0.2) is 0 Å². The van der Waals surface area contributed by atoms with E-state index in [2.05, 4.69) is 11.8 Å². The second kappa shape index (κ2) is 13.3. The van der Waals surface area contributed by atoms with Crippen molar-refractivity contribution in [1.29, 1.82) is 0 Å². The molecule has 0 aliphatic rings. The van der Waals surface area contributed by atoms with Gasteiger partial charge in [0.15, 0.2) is 0 Å². The predicted molar refractivity (Wildman–Crippen MR) is 75.9 cm³/mol. The summed E-state index contributed by atoms with van der Waals surface area (Å²) in [7, 11) is 0. The molecule has 0 heterocycles. The molecule has 0 atom stereocenters. The van der Waals surface area contributed by atoms with Crippen molar-refractivity contribution in [3.8, 4) is 0 Å². The SMILES string of the molecule is CC.CCCN(CC)CCOC(=O)C(=O)OC(C)C. The third-order valence-corrected chi connectivity index (χ3v) is 2.14. The Kier molecular flexibility index (Phi) is 14.2. The second-order valence-corrected chi connectivity index (χ2v) is 4.02. The van der Waals surface area contributed by atoms with E-state index in [4.69, 9.17) is 9.47 Å². The molecule has 0 spiro atoms. The lowest BCUT2D eigenvalue weighted by Crippen LogP contribution is -2.31. The minimum atomic E-state index is -0.918. The monoisotopic (exact) mass is 275 g/mol. The van der Waals surface area contributed by atoms with Crippen LogP contribution in [-0.4, -0.2) is 49.2 Å². The highest BCUT2D eigenvalue weighted by molar-refractivity contribution is 6.29. The van der Waals surface area contributed by atoms with Crippen molar-refractivity contribution in [3.63, 3.8) is 0 Å². The third kappa shape index (κ3) is 11.7. The normalized spacial score (nSPS) is 9.89. The van der Waals surface area contributed by atoms with Crippen LogP contribution < -0.4 is 0 Å². The Hall–Kier alpha value is -1.10. The molecule has 0 saturated heterocycles. The summed E-state index contributed by atoms with van der Waals surface area (Å²) in [4.78, 5) is 24.5. The lowest BCUT2D eigenvalue weighted by Gasteiger charge is -2.18. The first-order valence-corrected chi connectivity index (χ1v) is 7.11. The highest BCUT2D eigenvalue weighted by Gasteiger charge is 2.18. The van der Waals surface area contributed by atoms with Crippen LogP contribution in [0.2, 0.25) is 0 Å². The van der Waals surface area contributed by atoms with E-state index in [0.29, 0.717) is 6.54 Å². The van der Waals surface area contributed by atoms with Crippen molar-refractivity contribution in [2.24, 2.45) is 0 Å². The first kappa shape index (κ1) is 20.2. The molecule has 0 radical (unpaired) electrons. The lowest BCUT2D eigenvalue weighted by molar-refractivity contribution is -0.170. The second-order valence-electron chi connectivity index (χ2n) is 4.02. The molecule has 0 unspecified atom stereocenters. The average Bonchev–Trinajstić information content (AvgIpc) is 2.39. The molecule has 5 heteroatoms. The summed E-state index contributed by atoms with van der Waals surface area (Å²) >= 11 is 0. The van der Waals surface area contributed by atoms with E-state index < -0.39 is 11.9 Å². The molecule has 0 saturated carbocycles. The summed E-state index contributed by atoms with van der Waals surface area (Å²) < 4.78 is 9.54. The Bertz CT molecular complexity index is 242. The molecule has 0 aromatic rings. The number of carbonyl (C=O) groups is 2. The van der Waals surface area contributed by atoms with Crippen molar-refractivity contribution in [2.45, 2.75) is 54.1 Å². The van der Waals surface area contributed by atoms with E-state index >= 15 is 0 Å². The van der Waals surface area contributed by atoms with Gasteiger partial charge in [-0.2, -0.15) is 0 Å². The summed E-state index contributed by atoms with van der Waals surface area (Å²) in [5.74, 6) is -1.83. The summed E-state index contributed by atoms with van der Waals surface area (Å²) in [5, 5.41) is 0. The van der Waals surface area contributed by atoms with E-state index in [9.17, 15) is 9.59 Å². The summed E-state index contributed by atoms with van der Waals surface area (Å²) in [5.41, 5.74) is 0. The largest absolute Gasteiger partial charge is 0.456 e. The molecule has 0 N–H and O–H groups in total. The molecule has 0 aliphatic carbocycles. The van der Waals surface area contributed by atoms with Crippen molar-refractivity contribution in [2.75, 3.05) is 26.2 Å². The zero-order valence-corrected chi connectivity index (χ0v) is 13.2. The van der Waals surface area contributed by atoms with Gasteiger partial charge in [0.1, 0.15) is 6.61 Å². The maximum absolute atomic E-state index is 11.2. The maximum atomic E-state index is 11.2. The van der Waals surface area contributed by atoms with Gasteiger partial charge in [0.2, 0.25) is 0 Å². The van der Waals surface area contributed by atoms with E-state index in [1.807, 2.05) is 20.8 Å². The van der Waals surface area contributed by atoms with Gasteiger partial charge < -0.3 is 14.4 Å². The Morgan fingerprint density at radius 3 is 2.05 bits per heavy atom. The highest BCUT2D eigenvalue weighted by atomic mass is 16.6. The van der Waals surface area contributed by atoms with Gasteiger partial charge in [-0.3, -0.25) is 0 Å². The first-order valence-electron chi connectivity index (χ1n) is 7.11. The Balaban J connectivity index is 0. The van der Waals surface area contributed by atoms with Crippen molar-refractivity contribution >= 4 is 11.9 Å². The molecule has 19 heavy (non-hydrogen) atoms. The minimum absolute atomic E-state index is 0.222. The van der Waals surface area contributed by atoms with Crippen LogP contribution in [0, 0.1) is 0 Å². The van der Waals surface area contributed by atoms with Crippen molar-refractivity contribution in [1.82, 2.24) is 4.90 Å². The fourth-order valence-electron chi connectivity index (χ4n) is 1.33. The van der Waals surface area contributed by atoms with E-state index in [0.717, 1.165) is 19.5 Å². The first-order chi connectivity index (χ1) is 9.01. The summed E-state index contributed by atoms with van der Waals surface area (Å²) in [6, 6.07) is 0. The van der Waals surface area contributed by atoms with E-state index in [-0.39, 0.29) is 12.7 Å². The number of ether oxygens (including phenoxy) is 2. The third-order valence-electron chi connectivity index (χ3n) is 2.14. The van der Waals surface area contributed by atoms with E-state index in [1.165, 1.54) is 0 Å². The molecule has 0 aliphatic heterocycles. The number of likely N-dealkylation sites (N-methyl/N-ethyl adjacent to an activating group) is 1. The molecular formula is C14H29NO4. The number of hydrogen-bond donors (Lipinski definition) is 0. The molecule has 0 amide bonds. The zero-order valence-electron chi connectivity index (χ0n) is 13.2. The molecule has 0 bridgehead atoms. The molecule has 114 valence electrons. The number of carbonyl (C=O) groups excluding carboxylic acids is 2. The van der Waals surface area contributed by atoms with E-state index in [1.54, 1.807) is 13.8 Å². The zero-order chi connectivity index (χ0) is 15.3. The molecule has 0 fully saturated rings. The van der Waals surface area contributed by atoms with Crippen molar-refractivity contribution in [3.05, 3.63) is 0 Å². The van der Waals surface area contributed by atoms with Crippen LogP contribution >= 0.6 is 0 Å². The number of rotatable bonds is 7. The van der Waals surface area contributed by atoms with Crippen LogP contribution in [0.1, 0.15) is 48.0 Å². The highest BCUT2D eigenvalue weighted by Crippen LogP contribution is 1.94. The van der Waals surface area contributed by atoms with Gasteiger partial charge in [0.05, 0.1) is 6.10 Å². The fraction of sp³-hybridized carbons (Fsp3) is 0.857. The Morgan fingerprint density at radius 2 is 1.63 bits per heavy atom. The van der Waals surface area contributed by atoms with Crippen molar-refractivity contribution < 1.29 is 19.1 Å². The van der Waals surface area contributed by atoms with Crippen LogP contribution in [-0.2, 0) is 19.1 Å². The van der Waals surface area contributed by atoms with Gasteiger partial charge >= 0.3 is 11.9 Å². The van der Waals surface area contributed by atoms with Gasteiger partial charge in [-0.05, 0) is 33.4 Å². The van der Waals surface area contributed by atoms with Gasteiger partial charge in [-0.15, -0.1) is 0 Å². The molecule has 0 aromatic carbocycles. The number of nitrogens with zero attached hydrogens (tertiary/aromatic N) is 1. The summed E-state index contributed by atoms with van der Waals surface area (Å²) in [6.45, 7) is 14.2. The lowest BCUT2D eigenvalue weighted by atomic mass is 10.4. The van der Waals surface area contributed by atoms with Gasteiger partial charge in [-0.25, -0.2) is 9.59 Å².